The standard InChI is InChI=1S/C18H28N2/c1-14-7-5-8-16-17(13-15(2)18(14)16)19-9-6-12-20-10-3-4-11-20/h5,7-8,15,17,19H,3-4,6,9-13H2,1-2H3/t15-,17-/m0/s1. The predicted octanol–water partition coefficient (Wildman–Crippen LogP) is 3.62. The highest BCUT2D eigenvalue weighted by Crippen LogP contribution is 2.41. The summed E-state index contributed by atoms with van der Waals surface area (Å²) in [6, 6.07) is 7.37. The summed E-state index contributed by atoms with van der Waals surface area (Å²) in [5.74, 6) is 0.710. The minimum Gasteiger partial charge on any atom is -0.310 e. The van der Waals surface area contributed by atoms with Gasteiger partial charge in [-0.2, -0.15) is 0 Å². The molecule has 0 amide bonds. The van der Waals surface area contributed by atoms with Crippen LogP contribution >= 0.6 is 0 Å². The summed E-state index contributed by atoms with van der Waals surface area (Å²) < 4.78 is 0. The van der Waals surface area contributed by atoms with Crippen LogP contribution in [0.15, 0.2) is 18.2 Å². The summed E-state index contributed by atoms with van der Waals surface area (Å²) in [6.45, 7) is 9.70. The Hall–Kier alpha value is -0.860. The second-order valence-electron chi connectivity index (χ2n) is 6.62. The van der Waals surface area contributed by atoms with Crippen molar-refractivity contribution in [3.05, 3.63) is 34.9 Å². The molecule has 1 saturated heterocycles. The van der Waals surface area contributed by atoms with Crippen molar-refractivity contribution in [3.63, 3.8) is 0 Å². The summed E-state index contributed by atoms with van der Waals surface area (Å²) in [5, 5.41) is 3.79. The third-order valence-corrected chi connectivity index (χ3v) is 5.06. The molecule has 0 aromatic heterocycles. The molecule has 0 radical (unpaired) electrons. The van der Waals surface area contributed by atoms with Crippen molar-refractivity contribution < 1.29 is 0 Å². The average molecular weight is 272 g/mol. The van der Waals surface area contributed by atoms with Crippen molar-refractivity contribution in [2.24, 2.45) is 0 Å². The Bertz CT molecular complexity index is 449. The Kier molecular flexibility index (Phi) is 4.42. The number of likely N-dealkylation sites (tertiary alicyclic amines) is 1. The molecule has 0 bridgehead atoms. The molecule has 1 aromatic carbocycles. The molecule has 0 spiro atoms. The molecular formula is C18H28N2. The van der Waals surface area contributed by atoms with Gasteiger partial charge in [-0.15, -0.1) is 0 Å². The topological polar surface area (TPSA) is 15.3 Å². The van der Waals surface area contributed by atoms with Crippen molar-refractivity contribution in [2.45, 2.75) is 51.5 Å². The molecule has 0 unspecified atom stereocenters. The first-order valence-corrected chi connectivity index (χ1v) is 8.31. The highest BCUT2D eigenvalue weighted by Gasteiger charge is 2.28. The normalized spacial score (nSPS) is 26.1. The van der Waals surface area contributed by atoms with Gasteiger partial charge in [0.2, 0.25) is 0 Å². The van der Waals surface area contributed by atoms with E-state index in [0.717, 1.165) is 6.54 Å². The van der Waals surface area contributed by atoms with E-state index in [1.54, 1.807) is 11.1 Å². The number of benzene rings is 1. The average Bonchev–Trinajstić information content (AvgIpc) is 3.04. The summed E-state index contributed by atoms with van der Waals surface area (Å²) >= 11 is 0. The third kappa shape index (κ3) is 2.91. The Morgan fingerprint density at radius 3 is 2.85 bits per heavy atom. The smallest absolute Gasteiger partial charge is 0.0328 e. The molecule has 2 atom stereocenters. The van der Waals surface area contributed by atoms with Gasteiger partial charge in [-0.25, -0.2) is 0 Å². The third-order valence-electron chi connectivity index (χ3n) is 5.06. The van der Waals surface area contributed by atoms with E-state index >= 15 is 0 Å². The second-order valence-corrected chi connectivity index (χ2v) is 6.62. The van der Waals surface area contributed by atoms with Crippen LogP contribution in [0.2, 0.25) is 0 Å². The van der Waals surface area contributed by atoms with Crippen molar-refractivity contribution in [1.29, 1.82) is 0 Å². The monoisotopic (exact) mass is 272 g/mol. The van der Waals surface area contributed by atoms with Crippen LogP contribution in [0, 0.1) is 6.92 Å². The first kappa shape index (κ1) is 14.1. The molecule has 1 N–H and O–H groups in total. The van der Waals surface area contributed by atoms with Crippen LogP contribution in [0.1, 0.15) is 61.3 Å². The van der Waals surface area contributed by atoms with Gasteiger partial charge in [0.25, 0.3) is 0 Å². The summed E-state index contributed by atoms with van der Waals surface area (Å²) in [7, 11) is 0. The van der Waals surface area contributed by atoms with Crippen molar-refractivity contribution in [2.75, 3.05) is 26.2 Å². The lowest BCUT2D eigenvalue weighted by atomic mass is 9.98. The highest BCUT2D eigenvalue weighted by atomic mass is 15.1. The molecule has 1 aliphatic carbocycles. The quantitative estimate of drug-likeness (QED) is 0.824. The zero-order valence-corrected chi connectivity index (χ0v) is 13.0. The maximum Gasteiger partial charge on any atom is 0.0328 e. The molecule has 1 fully saturated rings. The Morgan fingerprint density at radius 1 is 1.25 bits per heavy atom. The minimum atomic E-state index is 0.582. The molecule has 1 heterocycles. The Labute approximate surface area is 123 Å². The minimum absolute atomic E-state index is 0.582. The first-order chi connectivity index (χ1) is 9.75. The van der Waals surface area contributed by atoms with E-state index in [1.807, 2.05) is 0 Å². The van der Waals surface area contributed by atoms with Gasteiger partial charge in [0, 0.05) is 6.04 Å². The molecule has 1 aliphatic heterocycles. The number of rotatable bonds is 5. The Morgan fingerprint density at radius 2 is 2.05 bits per heavy atom. The summed E-state index contributed by atoms with van der Waals surface area (Å²) in [6.07, 6.45) is 5.36. The van der Waals surface area contributed by atoms with Crippen LogP contribution in [0.3, 0.4) is 0 Å². The van der Waals surface area contributed by atoms with E-state index in [1.165, 1.54) is 50.9 Å². The number of nitrogens with zero attached hydrogens (tertiary/aromatic N) is 1. The maximum absolute atomic E-state index is 3.79. The van der Waals surface area contributed by atoms with Crippen LogP contribution < -0.4 is 5.32 Å². The van der Waals surface area contributed by atoms with Gasteiger partial charge in [0.15, 0.2) is 0 Å². The zero-order chi connectivity index (χ0) is 13.9. The van der Waals surface area contributed by atoms with Crippen LogP contribution in [-0.4, -0.2) is 31.1 Å². The number of hydrogen-bond acceptors (Lipinski definition) is 2. The van der Waals surface area contributed by atoms with Crippen LogP contribution in [0.25, 0.3) is 0 Å². The molecule has 0 saturated carbocycles. The van der Waals surface area contributed by atoms with Gasteiger partial charge in [-0.3, -0.25) is 0 Å². The lowest BCUT2D eigenvalue weighted by molar-refractivity contribution is 0.327. The Balaban J connectivity index is 1.51. The number of nitrogens with one attached hydrogen (secondary N) is 1. The number of fused-ring (bicyclic) bond motifs is 1. The molecule has 3 rings (SSSR count). The fourth-order valence-electron chi connectivity index (χ4n) is 4.06. The van der Waals surface area contributed by atoms with Gasteiger partial charge >= 0.3 is 0 Å². The number of aryl methyl sites for hydroxylation is 1. The first-order valence-electron chi connectivity index (χ1n) is 8.31. The maximum atomic E-state index is 3.79. The summed E-state index contributed by atoms with van der Waals surface area (Å²) in [4.78, 5) is 2.61. The fraction of sp³-hybridized carbons (Fsp3) is 0.667. The van der Waals surface area contributed by atoms with Gasteiger partial charge in [0.1, 0.15) is 0 Å². The lowest BCUT2D eigenvalue weighted by Gasteiger charge is -2.17. The molecule has 2 heteroatoms. The molecule has 2 aliphatic rings. The van der Waals surface area contributed by atoms with E-state index in [0.29, 0.717) is 12.0 Å². The largest absolute Gasteiger partial charge is 0.310 e. The zero-order valence-electron chi connectivity index (χ0n) is 13.0. The molecule has 1 aromatic rings. The van der Waals surface area contributed by atoms with Gasteiger partial charge in [0.05, 0.1) is 0 Å². The molecular weight excluding hydrogens is 244 g/mol. The fourth-order valence-corrected chi connectivity index (χ4v) is 4.06. The van der Waals surface area contributed by atoms with Gasteiger partial charge < -0.3 is 10.2 Å². The van der Waals surface area contributed by atoms with Gasteiger partial charge in [-0.05, 0) is 81.4 Å². The molecule has 110 valence electrons. The van der Waals surface area contributed by atoms with Crippen molar-refractivity contribution >= 4 is 0 Å². The van der Waals surface area contributed by atoms with Gasteiger partial charge in [-0.1, -0.05) is 25.1 Å². The second kappa shape index (κ2) is 6.28. The molecule has 20 heavy (non-hydrogen) atoms. The number of hydrogen-bond donors (Lipinski definition) is 1. The van der Waals surface area contributed by atoms with E-state index < -0.39 is 0 Å². The van der Waals surface area contributed by atoms with Crippen LogP contribution in [0.4, 0.5) is 0 Å². The highest BCUT2D eigenvalue weighted by molar-refractivity contribution is 5.43. The van der Waals surface area contributed by atoms with Crippen molar-refractivity contribution in [1.82, 2.24) is 10.2 Å². The molecule has 2 nitrogen and oxygen atoms in total. The lowest BCUT2D eigenvalue weighted by Crippen LogP contribution is -2.26. The van der Waals surface area contributed by atoms with E-state index in [-0.39, 0.29) is 0 Å². The van der Waals surface area contributed by atoms with Crippen LogP contribution in [-0.2, 0) is 0 Å². The van der Waals surface area contributed by atoms with Crippen molar-refractivity contribution in [3.8, 4) is 0 Å². The van der Waals surface area contributed by atoms with E-state index in [4.69, 9.17) is 0 Å². The SMILES string of the molecule is Cc1cccc2c1[C@@H](C)C[C@@H]2NCCCN1CCCC1. The predicted molar refractivity (Wildman–Crippen MR) is 85.2 cm³/mol. The van der Waals surface area contributed by atoms with Crippen LogP contribution in [0.5, 0.6) is 0 Å². The summed E-state index contributed by atoms with van der Waals surface area (Å²) in [5.41, 5.74) is 4.62. The van der Waals surface area contributed by atoms with E-state index in [2.05, 4.69) is 42.3 Å². The van der Waals surface area contributed by atoms with E-state index in [9.17, 15) is 0 Å².